The Morgan fingerprint density at radius 3 is 2.38 bits per heavy atom. The number of hydrogen-bond donors (Lipinski definition) is 1. The fourth-order valence-corrected chi connectivity index (χ4v) is 4.05. The number of carboxylic acids is 1. The first-order chi connectivity index (χ1) is 11.3. The first kappa shape index (κ1) is 16.4. The molecule has 2 aromatic carbocycles. The van der Waals surface area contributed by atoms with Gasteiger partial charge < -0.3 is 9.84 Å². The highest BCUT2D eigenvalue weighted by molar-refractivity contribution is 7.90. The third kappa shape index (κ3) is 2.61. The number of benzene rings is 2. The minimum Gasteiger partial charge on any atom is -0.497 e. The Kier molecular flexibility index (Phi) is 3.98. The summed E-state index contributed by atoms with van der Waals surface area (Å²) in [5, 5.41) is 10.2. The Labute approximate surface area is 142 Å². The Hall–Kier alpha value is -2.51. The molecule has 0 aliphatic carbocycles. The predicted molar refractivity (Wildman–Crippen MR) is 89.5 cm³/mol. The maximum absolute atomic E-state index is 12.9. The lowest BCUT2D eigenvalue weighted by atomic mass is 10.2. The van der Waals surface area contributed by atoms with Crippen LogP contribution in [0.3, 0.4) is 0 Å². The fourth-order valence-electron chi connectivity index (χ4n) is 2.42. The molecule has 0 unspecified atom stereocenters. The number of ether oxygens (including phenoxy) is 1. The zero-order chi connectivity index (χ0) is 17.5. The van der Waals surface area contributed by atoms with Crippen molar-refractivity contribution >= 4 is 38.5 Å². The highest BCUT2D eigenvalue weighted by Crippen LogP contribution is 2.29. The van der Waals surface area contributed by atoms with E-state index in [2.05, 4.69) is 0 Å². The maximum atomic E-state index is 12.9. The highest BCUT2D eigenvalue weighted by atomic mass is 35.5. The summed E-state index contributed by atoms with van der Waals surface area (Å²) in [7, 11) is -2.62. The van der Waals surface area contributed by atoms with Crippen LogP contribution in [0.25, 0.3) is 10.9 Å². The van der Waals surface area contributed by atoms with Crippen molar-refractivity contribution in [3.05, 3.63) is 59.2 Å². The molecule has 0 saturated heterocycles. The van der Waals surface area contributed by atoms with Crippen LogP contribution < -0.4 is 4.74 Å². The van der Waals surface area contributed by atoms with E-state index in [-0.39, 0.29) is 16.1 Å². The van der Waals surface area contributed by atoms with Gasteiger partial charge in [0.15, 0.2) is 0 Å². The van der Waals surface area contributed by atoms with Gasteiger partial charge in [-0.3, -0.25) is 0 Å². The van der Waals surface area contributed by atoms with E-state index in [1.807, 2.05) is 0 Å². The van der Waals surface area contributed by atoms with Gasteiger partial charge in [-0.15, -0.1) is 0 Å². The molecule has 1 heterocycles. The van der Waals surface area contributed by atoms with Crippen molar-refractivity contribution in [1.82, 2.24) is 3.97 Å². The lowest BCUT2D eigenvalue weighted by Gasteiger charge is -2.10. The number of rotatable bonds is 4. The summed E-state index contributed by atoms with van der Waals surface area (Å²) < 4.78 is 31.8. The van der Waals surface area contributed by atoms with Gasteiger partial charge in [-0.1, -0.05) is 11.6 Å². The molecule has 1 aromatic heterocycles. The highest BCUT2D eigenvalue weighted by Gasteiger charge is 2.26. The SMILES string of the molecule is COc1ccc2c(c1)cc(C(=O)O)n2S(=O)(=O)c1ccc(Cl)cc1. The molecule has 1 N–H and O–H groups in total. The third-order valence-electron chi connectivity index (χ3n) is 3.54. The van der Waals surface area contributed by atoms with Crippen molar-refractivity contribution in [3.8, 4) is 5.75 Å². The van der Waals surface area contributed by atoms with Crippen molar-refractivity contribution in [3.63, 3.8) is 0 Å². The Balaban J connectivity index is 2.33. The van der Waals surface area contributed by atoms with Crippen LogP contribution in [0.1, 0.15) is 10.5 Å². The minimum absolute atomic E-state index is 0.0530. The van der Waals surface area contributed by atoms with Crippen molar-refractivity contribution < 1.29 is 23.1 Å². The number of aromatic nitrogens is 1. The molecule has 0 spiro atoms. The van der Waals surface area contributed by atoms with Gasteiger partial charge in [0, 0.05) is 10.4 Å². The van der Waals surface area contributed by atoms with E-state index in [4.69, 9.17) is 16.3 Å². The van der Waals surface area contributed by atoms with Crippen molar-refractivity contribution in [2.24, 2.45) is 0 Å². The molecule has 0 fully saturated rings. The van der Waals surface area contributed by atoms with Gasteiger partial charge in [0.25, 0.3) is 10.0 Å². The minimum atomic E-state index is -4.10. The molecule has 8 heteroatoms. The number of methoxy groups -OCH3 is 1. The second kappa shape index (κ2) is 5.85. The molecule has 124 valence electrons. The number of fused-ring (bicyclic) bond motifs is 1. The fraction of sp³-hybridized carbons (Fsp3) is 0.0625. The molecular formula is C16H12ClNO5S. The van der Waals surface area contributed by atoms with Crippen LogP contribution in [-0.4, -0.2) is 30.6 Å². The number of nitrogens with zero attached hydrogens (tertiary/aromatic N) is 1. The smallest absolute Gasteiger partial charge is 0.353 e. The van der Waals surface area contributed by atoms with Gasteiger partial charge in [-0.25, -0.2) is 17.2 Å². The van der Waals surface area contributed by atoms with E-state index < -0.39 is 16.0 Å². The Morgan fingerprint density at radius 1 is 1.12 bits per heavy atom. The maximum Gasteiger partial charge on any atom is 0.353 e. The van der Waals surface area contributed by atoms with Gasteiger partial charge in [0.05, 0.1) is 17.5 Å². The number of hydrogen-bond acceptors (Lipinski definition) is 4. The van der Waals surface area contributed by atoms with Crippen molar-refractivity contribution in [2.75, 3.05) is 7.11 Å². The first-order valence-corrected chi connectivity index (χ1v) is 8.60. The average molecular weight is 366 g/mol. The molecular weight excluding hydrogens is 354 g/mol. The number of aromatic carboxylic acids is 1. The van der Waals surface area contributed by atoms with Crippen LogP contribution in [0.4, 0.5) is 0 Å². The number of halogens is 1. The van der Waals surface area contributed by atoms with Crippen LogP contribution in [0.5, 0.6) is 5.75 Å². The summed E-state index contributed by atoms with van der Waals surface area (Å²) in [5.74, 6) is -0.844. The molecule has 0 aliphatic heterocycles. The van der Waals surface area contributed by atoms with Crippen LogP contribution in [0.15, 0.2) is 53.4 Å². The molecule has 6 nitrogen and oxygen atoms in total. The lowest BCUT2D eigenvalue weighted by Crippen LogP contribution is -2.18. The summed E-state index contributed by atoms with van der Waals surface area (Å²) in [5.41, 5.74) is -0.101. The molecule has 3 rings (SSSR count). The Morgan fingerprint density at radius 2 is 1.79 bits per heavy atom. The normalized spacial score (nSPS) is 11.6. The summed E-state index contributed by atoms with van der Waals surface area (Å²) in [6.07, 6.45) is 0. The molecule has 0 bridgehead atoms. The monoisotopic (exact) mass is 365 g/mol. The topological polar surface area (TPSA) is 85.6 Å². The van der Waals surface area contributed by atoms with Gasteiger partial charge in [-0.05, 0) is 48.5 Å². The zero-order valence-electron chi connectivity index (χ0n) is 12.4. The van der Waals surface area contributed by atoms with Crippen LogP contribution in [-0.2, 0) is 10.0 Å². The first-order valence-electron chi connectivity index (χ1n) is 6.78. The van der Waals surface area contributed by atoms with Crippen LogP contribution in [0, 0.1) is 0 Å². The van der Waals surface area contributed by atoms with Gasteiger partial charge in [0.1, 0.15) is 11.4 Å². The van der Waals surface area contributed by atoms with Crippen molar-refractivity contribution in [2.45, 2.75) is 4.90 Å². The van der Waals surface area contributed by atoms with Crippen molar-refractivity contribution in [1.29, 1.82) is 0 Å². The molecule has 0 atom stereocenters. The van der Waals surface area contributed by atoms with E-state index in [1.54, 1.807) is 12.1 Å². The summed E-state index contributed by atoms with van der Waals surface area (Å²) in [4.78, 5) is 11.5. The van der Waals surface area contributed by atoms with Gasteiger partial charge in [0.2, 0.25) is 0 Å². The van der Waals surface area contributed by atoms with Crippen LogP contribution >= 0.6 is 11.6 Å². The number of carboxylic acid groups (broad SMARTS) is 1. The standard InChI is InChI=1S/C16H12ClNO5S/c1-23-12-4-7-14-10(8-12)9-15(16(19)20)18(14)24(21,22)13-5-2-11(17)3-6-13/h2-9H,1H3,(H,19,20). The summed E-state index contributed by atoms with van der Waals surface area (Å²) in [6, 6.07) is 11.5. The largest absolute Gasteiger partial charge is 0.497 e. The molecule has 3 aromatic rings. The van der Waals surface area contributed by atoms with Crippen LogP contribution in [0.2, 0.25) is 5.02 Å². The molecule has 0 radical (unpaired) electrons. The summed E-state index contributed by atoms with van der Waals surface area (Å²) in [6.45, 7) is 0. The molecule has 0 aliphatic rings. The van der Waals surface area contributed by atoms with E-state index in [9.17, 15) is 18.3 Å². The van der Waals surface area contributed by atoms with E-state index in [1.165, 1.54) is 43.5 Å². The van der Waals surface area contributed by atoms with Gasteiger partial charge in [-0.2, -0.15) is 0 Å². The van der Waals surface area contributed by atoms with E-state index in [0.717, 1.165) is 3.97 Å². The second-order valence-electron chi connectivity index (χ2n) is 4.98. The second-order valence-corrected chi connectivity index (χ2v) is 7.21. The molecule has 0 amide bonds. The average Bonchev–Trinajstić information content (AvgIpc) is 2.94. The zero-order valence-corrected chi connectivity index (χ0v) is 14.0. The lowest BCUT2D eigenvalue weighted by molar-refractivity contribution is 0.0689. The summed E-state index contributed by atoms with van der Waals surface area (Å²) >= 11 is 5.79. The Bertz CT molecular complexity index is 1040. The molecule has 0 saturated carbocycles. The van der Waals surface area contributed by atoms with E-state index >= 15 is 0 Å². The molecule has 24 heavy (non-hydrogen) atoms. The quantitative estimate of drug-likeness (QED) is 0.767. The van der Waals surface area contributed by atoms with Gasteiger partial charge >= 0.3 is 5.97 Å². The van der Waals surface area contributed by atoms with E-state index in [0.29, 0.717) is 16.2 Å². The number of carbonyl (C=O) groups is 1. The predicted octanol–water partition coefficient (Wildman–Crippen LogP) is 3.24. The third-order valence-corrected chi connectivity index (χ3v) is 5.53.